The van der Waals surface area contributed by atoms with Gasteiger partial charge in [-0.3, -0.25) is 4.79 Å². The van der Waals surface area contributed by atoms with Gasteiger partial charge in [0, 0.05) is 12.5 Å². The molecule has 1 aliphatic rings. The zero-order valence-corrected chi connectivity index (χ0v) is 8.40. The number of aromatic hydroxyl groups is 1. The Labute approximate surface area is 87.4 Å². The third-order valence-electron chi connectivity index (χ3n) is 2.41. The number of carbonyl (C=O) groups is 1. The van der Waals surface area contributed by atoms with Crippen molar-refractivity contribution in [2.45, 2.75) is 18.9 Å². The molecule has 0 saturated carbocycles. The minimum absolute atomic E-state index is 0.172. The summed E-state index contributed by atoms with van der Waals surface area (Å²) in [6, 6.07) is 4.98. The van der Waals surface area contributed by atoms with E-state index in [9.17, 15) is 9.90 Å². The van der Waals surface area contributed by atoms with Gasteiger partial charge in [0.25, 0.3) is 0 Å². The smallest absolute Gasteiger partial charge is 0.309 e. The molecule has 0 saturated heterocycles. The molecule has 2 rings (SSSR count). The van der Waals surface area contributed by atoms with Crippen LogP contribution in [0.15, 0.2) is 18.2 Å². The molecule has 1 N–H and O–H groups in total. The molecule has 0 aromatic heterocycles. The van der Waals surface area contributed by atoms with Crippen molar-refractivity contribution in [3.8, 4) is 11.5 Å². The molecule has 0 amide bonds. The summed E-state index contributed by atoms with van der Waals surface area (Å²) in [4.78, 5) is 11.0. The van der Waals surface area contributed by atoms with Crippen molar-refractivity contribution in [2.75, 3.05) is 7.11 Å². The Balaban J connectivity index is 2.06. The van der Waals surface area contributed by atoms with E-state index in [-0.39, 0.29) is 24.2 Å². The largest absolute Gasteiger partial charge is 0.508 e. The first-order chi connectivity index (χ1) is 7.19. The van der Waals surface area contributed by atoms with E-state index in [1.165, 1.54) is 7.11 Å². The fraction of sp³-hybridized carbons (Fsp3) is 0.364. The van der Waals surface area contributed by atoms with Gasteiger partial charge < -0.3 is 14.6 Å². The average molecular weight is 208 g/mol. The standard InChI is InChI=1S/C11H12O4/c1-14-11(13)6-9-4-7-2-3-8(12)5-10(7)15-9/h2-3,5,9,12H,4,6H2,1H3. The Morgan fingerprint density at radius 1 is 1.67 bits per heavy atom. The van der Waals surface area contributed by atoms with Crippen LogP contribution in [0.3, 0.4) is 0 Å². The second-order valence-electron chi connectivity index (χ2n) is 3.52. The number of esters is 1. The molecule has 0 fully saturated rings. The summed E-state index contributed by atoms with van der Waals surface area (Å²) in [6.07, 6.45) is 0.755. The van der Waals surface area contributed by atoms with Crippen molar-refractivity contribution < 1.29 is 19.4 Å². The Morgan fingerprint density at radius 2 is 2.47 bits per heavy atom. The van der Waals surface area contributed by atoms with Crippen LogP contribution in [0.25, 0.3) is 0 Å². The Hall–Kier alpha value is -1.71. The van der Waals surface area contributed by atoms with Crippen molar-refractivity contribution >= 4 is 5.97 Å². The lowest BCUT2D eigenvalue weighted by atomic mass is 10.1. The van der Waals surface area contributed by atoms with Crippen molar-refractivity contribution in [3.63, 3.8) is 0 Å². The maximum atomic E-state index is 11.0. The number of fused-ring (bicyclic) bond motifs is 1. The molecule has 4 nitrogen and oxygen atoms in total. The highest BCUT2D eigenvalue weighted by molar-refractivity contribution is 5.70. The molecular formula is C11H12O4. The SMILES string of the molecule is COC(=O)CC1Cc2ccc(O)cc2O1. The summed E-state index contributed by atoms with van der Waals surface area (Å²) in [5.41, 5.74) is 1.02. The summed E-state index contributed by atoms with van der Waals surface area (Å²) in [6.45, 7) is 0. The van der Waals surface area contributed by atoms with Gasteiger partial charge in [-0.1, -0.05) is 6.07 Å². The number of phenolic OH excluding ortho intramolecular Hbond substituents is 1. The van der Waals surface area contributed by atoms with E-state index in [2.05, 4.69) is 4.74 Å². The van der Waals surface area contributed by atoms with Crippen LogP contribution in [0, 0.1) is 0 Å². The molecule has 1 aromatic carbocycles. The summed E-state index contributed by atoms with van der Waals surface area (Å²) in [7, 11) is 1.36. The van der Waals surface area contributed by atoms with Gasteiger partial charge in [-0.05, 0) is 11.6 Å². The number of hydrogen-bond donors (Lipinski definition) is 1. The highest BCUT2D eigenvalue weighted by Gasteiger charge is 2.25. The molecule has 15 heavy (non-hydrogen) atoms. The first-order valence-corrected chi connectivity index (χ1v) is 4.74. The predicted octanol–water partition coefficient (Wildman–Crippen LogP) is 1.26. The molecule has 1 heterocycles. The number of rotatable bonds is 2. The maximum absolute atomic E-state index is 11.0. The zero-order chi connectivity index (χ0) is 10.8. The molecule has 0 aliphatic carbocycles. The van der Waals surface area contributed by atoms with E-state index in [0.29, 0.717) is 12.2 Å². The fourth-order valence-electron chi connectivity index (χ4n) is 1.67. The normalized spacial score (nSPS) is 18.1. The van der Waals surface area contributed by atoms with Crippen molar-refractivity contribution in [2.24, 2.45) is 0 Å². The van der Waals surface area contributed by atoms with Gasteiger partial charge in [0.2, 0.25) is 0 Å². The molecular weight excluding hydrogens is 196 g/mol. The number of benzene rings is 1. The number of carbonyl (C=O) groups excluding carboxylic acids is 1. The van der Waals surface area contributed by atoms with E-state index in [1.807, 2.05) is 6.07 Å². The van der Waals surface area contributed by atoms with Gasteiger partial charge in [-0.2, -0.15) is 0 Å². The number of hydrogen-bond acceptors (Lipinski definition) is 4. The van der Waals surface area contributed by atoms with Crippen LogP contribution in [0.4, 0.5) is 0 Å². The summed E-state index contributed by atoms with van der Waals surface area (Å²) in [5, 5.41) is 9.24. The van der Waals surface area contributed by atoms with Crippen LogP contribution in [0.2, 0.25) is 0 Å². The second kappa shape index (κ2) is 3.81. The van der Waals surface area contributed by atoms with Crippen LogP contribution >= 0.6 is 0 Å². The van der Waals surface area contributed by atoms with Gasteiger partial charge in [0.1, 0.15) is 17.6 Å². The number of ether oxygens (including phenoxy) is 2. The third-order valence-corrected chi connectivity index (χ3v) is 2.41. The molecule has 0 radical (unpaired) electrons. The maximum Gasteiger partial charge on any atom is 0.309 e. The Bertz CT molecular complexity index is 386. The number of phenols is 1. The van der Waals surface area contributed by atoms with Gasteiger partial charge in [-0.15, -0.1) is 0 Å². The molecule has 0 bridgehead atoms. The molecule has 0 spiro atoms. The molecule has 80 valence electrons. The minimum Gasteiger partial charge on any atom is -0.508 e. The summed E-state index contributed by atoms with van der Waals surface area (Å²) in [5.74, 6) is 0.549. The van der Waals surface area contributed by atoms with E-state index >= 15 is 0 Å². The second-order valence-corrected chi connectivity index (χ2v) is 3.52. The van der Waals surface area contributed by atoms with E-state index in [0.717, 1.165) is 5.56 Å². The highest BCUT2D eigenvalue weighted by atomic mass is 16.5. The lowest BCUT2D eigenvalue weighted by Gasteiger charge is -2.08. The minimum atomic E-state index is -0.281. The quantitative estimate of drug-likeness (QED) is 0.743. The molecule has 4 heteroatoms. The van der Waals surface area contributed by atoms with Gasteiger partial charge in [0.15, 0.2) is 0 Å². The lowest BCUT2D eigenvalue weighted by molar-refractivity contribution is -0.142. The van der Waals surface area contributed by atoms with Crippen LogP contribution in [0.5, 0.6) is 11.5 Å². The van der Waals surface area contributed by atoms with Crippen molar-refractivity contribution in [3.05, 3.63) is 23.8 Å². The summed E-state index contributed by atoms with van der Waals surface area (Å²) >= 11 is 0. The molecule has 1 atom stereocenters. The fourth-order valence-corrected chi connectivity index (χ4v) is 1.67. The molecule has 1 aromatic rings. The first-order valence-electron chi connectivity index (χ1n) is 4.74. The monoisotopic (exact) mass is 208 g/mol. The van der Waals surface area contributed by atoms with Crippen LogP contribution in [0.1, 0.15) is 12.0 Å². The predicted molar refractivity (Wildman–Crippen MR) is 52.9 cm³/mol. The van der Waals surface area contributed by atoms with E-state index in [4.69, 9.17) is 4.74 Å². The van der Waals surface area contributed by atoms with Crippen molar-refractivity contribution in [1.82, 2.24) is 0 Å². The van der Waals surface area contributed by atoms with Crippen LogP contribution < -0.4 is 4.74 Å². The Kier molecular flexibility index (Phi) is 2.49. The van der Waals surface area contributed by atoms with Crippen LogP contribution in [-0.2, 0) is 16.0 Å². The first kappa shape index (κ1) is 9.83. The van der Waals surface area contributed by atoms with Gasteiger partial charge >= 0.3 is 5.97 Å². The van der Waals surface area contributed by atoms with Crippen LogP contribution in [-0.4, -0.2) is 24.3 Å². The Morgan fingerprint density at radius 3 is 3.20 bits per heavy atom. The van der Waals surface area contributed by atoms with Gasteiger partial charge in [-0.25, -0.2) is 0 Å². The van der Waals surface area contributed by atoms with E-state index in [1.54, 1.807) is 12.1 Å². The third kappa shape index (κ3) is 2.03. The highest BCUT2D eigenvalue weighted by Crippen LogP contribution is 2.32. The van der Waals surface area contributed by atoms with Gasteiger partial charge in [0.05, 0.1) is 13.5 Å². The molecule has 1 aliphatic heterocycles. The molecule has 1 unspecified atom stereocenters. The summed E-state index contributed by atoms with van der Waals surface area (Å²) < 4.78 is 10.1. The van der Waals surface area contributed by atoms with E-state index < -0.39 is 0 Å². The topological polar surface area (TPSA) is 55.8 Å². The number of methoxy groups -OCH3 is 1. The lowest BCUT2D eigenvalue weighted by Crippen LogP contribution is -2.18. The van der Waals surface area contributed by atoms with Crippen molar-refractivity contribution in [1.29, 1.82) is 0 Å². The average Bonchev–Trinajstić information content (AvgIpc) is 2.59. The zero-order valence-electron chi connectivity index (χ0n) is 8.40.